The Morgan fingerprint density at radius 2 is 1.17 bits per heavy atom. The smallest absolute Gasteiger partial charge is 0.180 e. The van der Waals surface area contributed by atoms with Crippen LogP contribution in [0.3, 0.4) is 0 Å². The number of benzene rings is 3. The van der Waals surface area contributed by atoms with Gasteiger partial charge >= 0.3 is 0 Å². The van der Waals surface area contributed by atoms with E-state index in [9.17, 15) is 18.0 Å². The van der Waals surface area contributed by atoms with Crippen LogP contribution in [-0.4, -0.2) is 31.5 Å². The number of carbonyl (C=O) groups excluding carboxylic acids is 2. The van der Waals surface area contributed by atoms with E-state index in [-0.39, 0.29) is 18.6 Å². The van der Waals surface area contributed by atoms with Crippen LogP contribution in [0, 0.1) is 0 Å². The van der Waals surface area contributed by atoms with Gasteiger partial charge in [-0.15, -0.1) is 0 Å². The lowest BCUT2D eigenvalue weighted by atomic mass is 9.85. The number of sulfone groups is 1. The summed E-state index contributed by atoms with van der Waals surface area (Å²) in [7, 11) is -3.66. The molecule has 0 radical (unpaired) electrons. The third-order valence-corrected chi connectivity index (χ3v) is 6.59. The van der Waals surface area contributed by atoms with Crippen molar-refractivity contribution in [1.29, 1.82) is 0 Å². The van der Waals surface area contributed by atoms with E-state index in [1.54, 1.807) is 30.3 Å². The minimum absolute atomic E-state index is 0.00916. The van der Waals surface area contributed by atoms with E-state index < -0.39 is 26.8 Å². The summed E-state index contributed by atoms with van der Waals surface area (Å²) >= 11 is 0. The highest BCUT2D eigenvalue weighted by Gasteiger charge is 2.31. The van der Waals surface area contributed by atoms with E-state index in [0.29, 0.717) is 5.56 Å². The van der Waals surface area contributed by atoms with E-state index in [1.165, 1.54) is 0 Å². The van der Waals surface area contributed by atoms with Gasteiger partial charge in [0.05, 0.1) is 5.92 Å². The lowest BCUT2D eigenvalue weighted by molar-refractivity contribution is -0.119. The molecule has 0 saturated heterocycles. The third-order valence-electron chi connectivity index (χ3n) is 5.11. The Balaban J connectivity index is 1.85. The van der Waals surface area contributed by atoms with Crippen molar-refractivity contribution in [3.8, 4) is 0 Å². The first-order chi connectivity index (χ1) is 14.4. The molecule has 3 rings (SSSR count). The predicted octanol–water partition coefficient (Wildman–Crippen LogP) is 4.46. The van der Waals surface area contributed by atoms with Crippen LogP contribution in [0.1, 0.15) is 40.2 Å². The summed E-state index contributed by atoms with van der Waals surface area (Å²) in [5.74, 6) is -1.08. The molecule has 0 aliphatic carbocycles. The minimum atomic E-state index is -3.66. The topological polar surface area (TPSA) is 68.3 Å². The number of carbonyl (C=O) groups is 2. The lowest BCUT2D eigenvalue weighted by Crippen LogP contribution is -2.31. The first-order valence-electron chi connectivity index (χ1n) is 9.78. The molecule has 0 unspecified atom stereocenters. The van der Waals surface area contributed by atoms with Gasteiger partial charge in [-0.05, 0) is 17.5 Å². The maximum absolute atomic E-state index is 13.2. The van der Waals surface area contributed by atoms with E-state index >= 15 is 0 Å². The molecule has 4 nitrogen and oxygen atoms in total. The normalized spacial score (nSPS) is 12.5. The van der Waals surface area contributed by atoms with Gasteiger partial charge in [0.1, 0.15) is 11.0 Å². The molecule has 0 N–H and O–H groups in total. The van der Waals surface area contributed by atoms with Crippen molar-refractivity contribution in [3.05, 3.63) is 108 Å². The second-order valence-electron chi connectivity index (χ2n) is 7.31. The Labute approximate surface area is 177 Å². The zero-order valence-corrected chi connectivity index (χ0v) is 17.6. The Bertz CT molecular complexity index is 1050. The van der Waals surface area contributed by atoms with Crippen molar-refractivity contribution < 1.29 is 18.0 Å². The van der Waals surface area contributed by atoms with Gasteiger partial charge in [0.2, 0.25) is 0 Å². The molecule has 3 aromatic rings. The first kappa shape index (κ1) is 21.7. The fraction of sp³-hybridized carbons (Fsp3) is 0.200. The summed E-state index contributed by atoms with van der Waals surface area (Å²) in [6.45, 7) is 0. The summed E-state index contributed by atoms with van der Waals surface area (Å²) in [5, 5.41) is -1.24. The fourth-order valence-corrected chi connectivity index (χ4v) is 4.67. The highest BCUT2D eigenvalue weighted by Crippen LogP contribution is 2.28. The molecule has 154 valence electrons. The van der Waals surface area contributed by atoms with Crippen molar-refractivity contribution in [2.45, 2.75) is 24.0 Å². The first-order valence-corrected chi connectivity index (χ1v) is 11.7. The lowest BCUT2D eigenvalue weighted by Gasteiger charge is -2.19. The summed E-state index contributed by atoms with van der Waals surface area (Å²) in [6.07, 6.45) is 1.00. The van der Waals surface area contributed by atoms with Crippen molar-refractivity contribution in [3.63, 3.8) is 0 Å². The molecule has 0 fully saturated rings. The van der Waals surface area contributed by atoms with Crippen LogP contribution in [0.4, 0.5) is 0 Å². The Morgan fingerprint density at radius 3 is 1.60 bits per heavy atom. The van der Waals surface area contributed by atoms with E-state index in [4.69, 9.17) is 0 Å². The Morgan fingerprint density at radius 1 is 0.733 bits per heavy atom. The van der Waals surface area contributed by atoms with Gasteiger partial charge in [0.15, 0.2) is 15.6 Å². The fourth-order valence-electron chi connectivity index (χ4n) is 3.60. The van der Waals surface area contributed by atoms with Gasteiger partial charge in [0.25, 0.3) is 0 Å². The van der Waals surface area contributed by atoms with Crippen molar-refractivity contribution in [2.75, 3.05) is 6.26 Å². The molecular formula is C25H24O4S. The van der Waals surface area contributed by atoms with Crippen molar-refractivity contribution in [1.82, 2.24) is 0 Å². The molecule has 0 heterocycles. The monoisotopic (exact) mass is 420 g/mol. The zero-order valence-electron chi connectivity index (χ0n) is 16.8. The summed E-state index contributed by atoms with van der Waals surface area (Å²) in [5.41, 5.74) is 2.03. The van der Waals surface area contributed by atoms with E-state index in [1.807, 2.05) is 60.7 Å². The number of Topliss-reactive ketones (excluding diaryl/α,β-unsaturated/α-hetero) is 2. The molecule has 0 saturated carbocycles. The van der Waals surface area contributed by atoms with Crippen LogP contribution in [0.25, 0.3) is 0 Å². The summed E-state index contributed by atoms with van der Waals surface area (Å²) in [4.78, 5) is 26.1. The van der Waals surface area contributed by atoms with Gasteiger partial charge in [-0.3, -0.25) is 9.59 Å². The third kappa shape index (κ3) is 5.30. The zero-order chi connectivity index (χ0) is 21.6. The second kappa shape index (κ2) is 9.63. The van der Waals surface area contributed by atoms with Crippen molar-refractivity contribution in [2.24, 2.45) is 0 Å². The maximum Gasteiger partial charge on any atom is 0.180 e. The predicted molar refractivity (Wildman–Crippen MR) is 118 cm³/mol. The maximum atomic E-state index is 13.2. The van der Waals surface area contributed by atoms with Crippen LogP contribution in [0.15, 0.2) is 91.0 Å². The largest absolute Gasteiger partial charge is 0.299 e. The van der Waals surface area contributed by atoms with Crippen LogP contribution in [-0.2, 0) is 14.6 Å². The summed E-state index contributed by atoms with van der Waals surface area (Å²) < 4.78 is 24.7. The molecule has 0 bridgehead atoms. The number of hydrogen-bond acceptors (Lipinski definition) is 4. The molecule has 0 spiro atoms. The van der Waals surface area contributed by atoms with Gasteiger partial charge in [-0.1, -0.05) is 91.0 Å². The number of hydrogen-bond donors (Lipinski definition) is 0. The minimum Gasteiger partial charge on any atom is -0.299 e. The molecule has 0 amide bonds. The quantitative estimate of drug-likeness (QED) is 0.479. The van der Waals surface area contributed by atoms with E-state index in [2.05, 4.69) is 0 Å². The number of rotatable bonds is 9. The second-order valence-corrected chi connectivity index (χ2v) is 9.54. The molecular weight excluding hydrogens is 396 g/mol. The average Bonchev–Trinajstić information content (AvgIpc) is 2.75. The van der Waals surface area contributed by atoms with Crippen LogP contribution < -0.4 is 0 Å². The van der Waals surface area contributed by atoms with Crippen LogP contribution in [0.2, 0.25) is 0 Å². The molecule has 3 aromatic carbocycles. The molecule has 1 atom stereocenters. The molecule has 0 aliphatic heterocycles. The highest BCUT2D eigenvalue weighted by molar-refractivity contribution is 7.92. The van der Waals surface area contributed by atoms with Crippen LogP contribution in [0.5, 0.6) is 0 Å². The van der Waals surface area contributed by atoms with Gasteiger partial charge in [0, 0.05) is 18.2 Å². The Kier molecular flexibility index (Phi) is 6.95. The van der Waals surface area contributed by atoms with E-state index in [0.717, 1.165) is 17.4 Å². The standard InChI is InChI=1S/C25H24O4S/c1-30(28,29)23(25(27)21-15-9-4-10-16-21)18-17-22(26)24(19-11-5-2-6-12-19)20-13-7-3-8-14-20/h2-16,23-24H,17-18H2,1H3/t23-/m1/s1. The molecule has 5 heteroatoms. The van der Waals surface area contributed by atoms with Crippen LogP contribution >= 0.6 is 0 Å². The Hall–Kier alpha value is -3.05. The van der Waals surface area contributed by atoms with Crippen molar-refractivity contribution >= 4 is 21.4 Å². The van der Waals surface area contributed by atoms with Gasteiger partial charge in [-0.2, -0.15) is 0 Å². The average molecular weight is 421 g/mol. The van der Waals surface area contributed by atoms with Gasteiger partial charge < -0.3 is 0 Å². The number of ketones is 2. The van der Waals surface area contributed by atoms with Gasteiger partial charge in [-0.25, -0.2) is 8.42 Å². The summed E-state index contributed by atoms with van der Waals surface area (Å²) in [6, 6.07) is 27.1. The molecule has 30 heavy (non-hydrogen) atoms. The SMILES string of the molecule is CS(=O)(=O)[C@H](CCC(=O)C(c1ccccc1)c1ccccc1)C(=O)c1ccccc1. The molecule has 0 aromatic heterocycles. The highest BCUT2D eigenvalue weighted by atomic mass is 32.2. The molecule has 0 aliphatic rings.